The third-order valence-electron chi connectivity index (χ3n) is 3.22. The summed E-state index contributed by atoms with van der Waals surface area (Å²) < 4.78 is 2.28. The van der Waals surface area contributed by atoms with Gasteiger partial charge in [-0.05, 0) is 26.0 Å². The summed E-state index contributed by atoms with van der Waals surface area (Å²) in [5.41, 5.74) is 3.58. The van der Waals surface area contributed by atoms with Crippen molar-refractivity contribution < 1.29 is 4.57 Å². The molecule has 86 valence electrons. The van der Waals surface area contributed by atoms with Gasteiger partial charge in [0.1, 0.15) is 24.5 Å². The van der Waals surface area contributed by atoms with Gasteiger partial charge in [0.2, 0.25) is 0 Å². The molecular weight excluding hydrogens is 210 g/mol. The van der Waals surface area contributed by atoms with Crippen molar-refractivity contribution in [2.75, 3.05) is 11.4 Å². The molecule has 0 aliphatic carbocycles. The van der Waals surface area contributed by atoms with Gasteiger partial charge < -0.3 is 0 Å². The SMILES string of the molecule is Cc1cc(C)[n+]2c(n1)N(c1ccccc1)CC2. The summed E-state index contributed by atoms with van der Waals surface area (Å²) in [4.78, 5) is 6.94. The van der Waals surface area contributed by atoms with Gasteiger partial charge in [-0.15, -0.1) is 0 Å². The first-order valence-corrected chi connectivity index (χ1v) is 5.96. The zero-order valence-corrected chi connectivity index (χ0v) is 10.2. The second-order valence-corrected chi connectivity index (χ2v) is 4.48. The molecule has 0 atom stereocenters. The van der Waals surface area contributed by atoms with Crippen molar-refractivity contribution in [2.24, 2.45) is 0 Å². The standard InChI is InChI=1S/C14H16N3/c1-11-10-12(2)16-8-9-17(14(16)15-11)13-6-4-3-5-7-13/h3-7,10H,8-9H2,1-2H3/q+1. The zero-order valence-electron chi connectivity index (χ0n) is 10.2. The Kier molecular flexibility index (Phi) is 2.32. The minimum absolute atomic E-state index is 1.00. The van der Waals surface area contributed by atoms with E-state index < -0.39 is 0 Å². The Hall–Kier alpha value is -1.90. The van der Waals surface area contributed by atoms with Crippen LogP contribution >= 0.6 is 0 Å². The van der Waals surface area contributed by atoms with Crippen LogP contribution in [-0.2, 0) is 6.54 Å². The van der Waals surface area contributed by atoms with Crippen LogP contribution < -0.4 is 9.47 Å². The molecule has 3 rings (SSSR count). The molecule has 2 aromatic rings. The van der Waals surface area contributed by atoms with Gasteiger partial charge in [0.25, 0.3) is 0 Å². The Morgan fingerprint density at radius 1 is 1.18 bits per heavy atom. The lowest BCUT2D eigenvalue weighted by Crippen LogP contribution is -2.35. The van der Waals surface area contributed by atoms with Gasteiger partial charge in [-0.25, -0.2) is 9.47 Å². The average Bonchev–Trinajstić information content (AvgIpc) is 2.74. The van der Waals surface area contributed by atoms with E-state index in [1.807, 2.05) is 6.07 Å². The maximum absolute atomic E-state index is 4.66. The van der Waals surface area contributed by atoms with E-state index in [1.165, 1.54) is 11.4 Å². The monoisotopic (exact) mass is 226 g/mol. The molecule has 1 aromatic carbocycles. The fourth-order valence-corrected chi connectivity index (χ4v) is 2.42. The number of hydrogen-bond acceptors (Lipinski definition) is 2. The molecule has 0 saturated heterocycles. The summed E-state index contributed by atoms with van der Waals surface area (Å²) in [6.07, 6.45) is 0. The van der Waals surface area contributed by atoms with Crippen molar-refractivity contribution in [1.82, 2.24) is 4.98 Å². The van der Waals surface area contributed by atoms with E-state index in [4.69, 9.17) is 0 Å². The molecule has 1 aliphatic rings. The second kappa shape index (κ2) is 3.84. The van der Waals surface area contributed by atoms with Crippen LogP contribution in [0.2, 0.25) is 0 Å². The molecule has 0 unspecified atom stereocenters. The highest BCUT2D eigenvalue weighted by Gasteiger charge is 2.31. The van der Waals surface area contributed by atoms with Gasteiger partial charge in [-0.3, -0.25) is 0 Å². The lowest BCUT2D eigenvalue weighted by molar-refractivity contribution is -0.679. The van der Waals surface area contributed by atoms with Crippen molar-refractivity contribution >= 4 is 11.6 Å². The molecule has 0 N–H and O–H groups in total. The van der Waals surface area contributed by atoms with E-state index in [-0.39, 0.29) is 0 Å². The van der Waals surface area contributed by atoms with Crippen molar-refractivity contribution in [3.63, 3.8) is 0 Å². The Bertz CT molecular complexity index is 549. The molecule has 3 nitrogen and oxygen atoms in total. The number of para-hydroxylation sites is 1. The lowest BCUT2D eigenvalue weighted by atomic mass is 10.3. The predicted molar refractivity (Wildman–Crippen MR) is 67.4 cm³/mol. The summed E-state index contributed by atoms with van der Waals surface area (Å²) in [6, 6.07) is 12.6. The highest BCUT2D eigenvalue weighted by atomic mass is 15.4. The number of fused-ring (bicyclic) bond motifs is 1. The van der Waals surface area contributed by atoms with Crippen LogP contribution in [0.4, 0.5) is 11.6 Å². The molecule has 3 heteroatoms. The Morgan fingerprint density at radius 3 is 2.71 bits per heavy atom. The van der Waals surface area contributed by atoms with E-state index in [0.29, 0.717) is 0 Å². The summed E-state index contributed by atoms with van der Waals surface area (Å²) in [5, 5.41) is 0. The normalized spacial score (nSPS) is 13.9. The van der Waals surface area contributed by atoms with Crippen molar-refractivity contribution in [1.29, 1.82) is 0 Å². The molecule has 0 saturated carbocycles. The second-order valence-electron chi connectivity index (χ2n) is 4.48. The molecule has 0 amide bonds. The number of aromatic nitrogens is 2. The van der Waals surface area contributed by atoms with Crippen LogP contribution in [0.15, 0.2) is 36.4 Å². The van der Waals surface area contributed by atoms with E-state index in [9.17, 15) is 0 Å². The number of hydrogen-bond donors (Lipinski definition) is 0. The number of benzene rings is 1. The summed E-state index contributed by atoms with van der Waals surface area (Å²) >= 11 is 0. The summed E-state index contributed by atoms with van der Waals surface area (Å²) in [6.45, 7) is 6.21. The first-order chi connectivity index (χ1) is 8.25. The first kappa shape index (κ1) is 10.3. The van der Waals surface area contributed by atoms with Crippen LogP contribution in [0, 0.1) is 13.8 Å². The number of anilines is 2. The Labute approximate surface area is 101 Å². The molecular formula is C14H16N3+. The molecule has 2 heterocycles. The lowest BCUT2D eigenvalue weighted by Gasteiger charge is -2.09. The van der Waals surface area contributed by atoms with Crippen LogP contribution in [0.1, 0.15) is 11.4 Å². The molecule has 0 bridgehead atoms. The van der Waals surface area contributed by atoms with Gasteiger partial charge >= 0.3 is 5.95 Å². The highest BCUT2D eigenvalue weighted by molar-refractivity contribution is 5.56. The minimum atomic E-state index is 1.00. The average molecular weight is 226 g/mol. The summed E-state index contributed by atoms with van der Waals surface area (Å²) in [5.74, 6) is 1.06. The van der Waals surface area contributed by atoms with Crippen molar-refractivity contribution in [3.05, 3.63) is 47.8 Å². The Balaban J connectivity index is 2.10. The van der Waals surface area contributed by atoms with Gasteiger partial charge in [-0.1, -0.05) is 23.2 Å². The van der Waals surface area contributed by atoms with E-state index in [0.717, 1.165) is 24.7 Å². The molecule has 1 aromatic heterocycles. The van der Waals surface area contributed by atoms with E-state index in [2.05, 4.69) is 58.6 Å². The van der Waals surface area contributed by atoms with Crippen molar-refractivity contribution in [3.8, 4) is 0 Å². The third-order valence-corrected chi connectivity index (χ3v) is 3.22. The molecule has 1 aliphatic heterocycles. The molecule has 0 radical (unpaired) electrons. The molecule has 0 spiro atoms. The fourth-order valence-electron chi connectivity index (χ4n) is 2.42. The largest absolute Gasteiger partial charge is 0.399 e. The maximum atomic E-state index is 4.66. The van der Waals surface area contributed by atoms with Crippen LogP contribution in [0.5, 0.6) is 0 Å². The summed E-state index contributed by atoms with van der Waals surface area (Å²) in [7, 11) is 0. The van der Waals surface area contributed by atoms with E-state index >= 15 is 0 Å². The number of rotatable bonds is 1. The van der Waals surface area contributed by atoms with Gasteiger partial charge in [0.05, 0.1) is 5.69 Å². The number of nitrogens with zero attached hydrogens (tertiary/aromatic N) is 3. The topological polar surface area (TPSA) is 20.0 Å². The molecule has 17 heavy (non-hydrogen) atoms. The maximum Gasteiger partial charge on any atom is 0.399 e. The third kappa shape index (κ3) is 1.68. The van der Waals surface area contributed by atoms with Crippen LogP contribution in [-0.4, -0.2) is 11.5 Å². The number of aryl methyl sites for hydroxylation is 2. The highest BCUT2D eigenvalue weighted by Crippen LogP contribution is 2.24. The van der Waals surface area contributed by atoms with Crippen LogP contribution in [0.3, 0.4) is 0 Å². The smallest absolute Gasteiger partial charge is 0.229 e. The Morgan fingerprint density at radius 2 is 1.94 bits per heavy atom. The van der Waals surface area contributed by atoms with Crippen LogP contribution in [0.25, 0.3) is 0 Å². The van der Waals surface area contributed by atoms with Crippen molar-refractivity contribution in [2.45, 2.75) is 20.4 Å². The zero-order chi connectivity index (χ0) is 11.8. The van der Waals surface area contributed by atoms with Gasteiger partial charge in [-0.2, -0.15) is 0 Å². The fraction of sp³-hybridized carbons (Fsp3) is 0.286. The van der Waals surface area contributed by atoms with E-state index in [1.54, 1.807) is 0 Å². The quantitative estimate of drug-likeness (QED) is 0.694. The molecule has 0 fully saturated rings. The van der Waals surface area contributed by atoms with Gasteiger partial charge in [0.15, 0.2) is 0 Å². The predicted octanol–water partition coefficient (Wildman–Crippen LogP) is 2.14. The first-order valence-electron chi connectivity index (χ1n) is 5.96. The van der Waals surface area contributed by atoms with Gasteiger partial charge in [0, 0.05) is 6.07 Å². The minimum Gasteiger partial charge on any atom is -0.229 e.